The molecule has 1 heterocycles. The summed E-state index contributed by atoms with van der Waals surface area (Å²) in [6.45, 7) is 6.38. The zero-order valence-corrected chi connectivity index (χ0v) is 18.7. The lowest BCUT2D eigenvalue weighted by molar-refractivity contribution is -0.122. The van der Waals surface area contributed by atoms with E-state index in [1.165, 1.54) is 31.4 Å². The van der Waals surface area contributed by atoms with E-state index in [2.05, 4.69) is 34.5 Å². The van der Waals surface area contributed by atoms with Gasteiger partial charge < -0.3 is 19.7 Å². The first-order chi connectivity index (χ1) is 15.1. The van der Waals surface area contributed by atoms with Crippen LogP contribution in [0.5, 0.6) is 11.5 Å². The van der Waals surface area contributed by atoms with E-state index in [9.17, 15) is 4.79 Å². The molecular weight excluding hydrogens is 388 g/mol. The van der Waals surface area contributed by atoms with Gasteiger partial charge in [0.1, 0.15) is 17.6 Å². The molecule has 1 N–H and O–H groups in total. The first-order valence-corrected chi connectivity index (χ1v) is 11.7. The fourth-order valence-corrected chi connectivity index (χ4v) is 4.50. The van der Waals surface area contributed by atoms with Gasteiger partial charge in [0.15, 0.2) is 0 Å². The van der Waals surface area contributed by atoms with Crippen LogP contribution in [0.4, 0.5) is 5.69 Å². The quantitative estimate of drug-likeness (QED) is 0.657. The van der Waals surface area contributed by atoms with Crippen molar-refractivity contribution in [1.29, 1.82) is 0 Å². The predicted octanol–water partition coefficient (Wildman–Crippen LogP) is 4.91. The van der Waals surface area contributed by atoms with Crippen LogP contribution in [0, 0.1) is 0 Å². The zero-order chi connectivity index (χ0) is 21.6. The molecule has 2 aromatic rings. The van der Waals surface area contributed by atoms with Crippen molar-refractivity contribution in [3.63, 3.8) is 0 Å². The highest BCUT2D eigenvalue weighted by Gasteiger charge is 2.25. The summed E-state index contributed by atoms with van der Waals surface area (Å²) in [4.78, 5) is 14.4. The average molecular weight is 423 g/mol. The molecule has 31 heavy (non-hydrogen) atoms. The molecule has 0 aromatic heterocycles. The highest BCUT2D eigenvalue weighted by atomic mass is 16.5. The zero-order valence-electron chi connectivity index (χ0n) is 18.7. The molecule has 5 heteroatoms. The van der Waals surface area contributed by atoms with Crippen LogP contribution in [0.2, 0.25) is 0 Å². The van der Waals surface area contributed by atoms with Crippen LogP contribution in [-0.4, -0.2) is 37.7 Å². The van der Waals surface area contributed by atoms with Crippen LogP contribution in [0.25, 0.3) is 0 Å². The SMILES string of the molecule is CCNC(=O)C(C)c1ccc(OC2CCN(c3ccc(OC4CCCC4)cc3)C2)cc1. The summed E-state index contributed by atoms with van der Waals surface area (Å²) < 4.78 is 12.3. The first-order valence-electron chi connectivity index (χ1n) is 11.7. The number of likely N-dealkylation sites (N-methyl/N-ethyl adjacent to an activating group) is 1. The van der Waals surface area contributed by atoms with Gasteiger partial charge in [-0.1, -0.05) is 12.1 Å². The molecule has 1 saturated carbocycles. The van der Waals surface area contributed by atoms with Crippen LogP contribution in [0.3, 0.4) is 0 Å². The molecule has 4 rings (SSSR count). The van der Waals surface area contributed by atoms with E-state index in [1.807, 2.05) is 38.1 Å². The third kappa shape index (κ3) is 5.52. The number of nitrogens with one attached hydrogen (secondary N) is 1. The van der Waals surface area contributed by atoms with E-state index >= 15 is 0 Å². The summed E-state index contributed by atoms with van der Waals surface area (Å²) in [7, 11) is 0. The van der Waals surface area contributed by atoms with Crippen LogP contribution < -0.4 is 19.7 Å². The number of rotatable bonds is 8. The minimum absolute atomic E-state index is 0.0577. The number of amides is 1. The summed E-state index contributed by atoms with van der Waals surface area (Å²) >= 11 is 0. The van der Waals surface area contributed by atoms with E-state index in [4.69, 9.17) is 9.47 Å². The van der Waals surface area contributed by atoms with Gasteiger partial charge in [-0.3, -0.25) is 4.79 Å². The molecule has 1 aliphatic heterocycles. The Bertz CT molecular complexity index is 844. The first kappa shape index (κ1) is 21.5. The van der Waals surface area contributed by atoms with Crippen LogP contribution in [0.15, 0.2) is 48.5 Å². The second-order valence-corrected chi connectivity index (χ2v) is 8.68. The maximum Gasteiger partial charge on any atom is 0.227 e. The Morgan fingerprint density at radius 1 is 0.968 bits per heavy atom. The highest BCUT2D eigenvalue weighted by molar-refractivity contribution is 5.83. The number of carbonyl (C=O) groups is 1. The number of carbonyl (C=O) groups excluding carboxylic acids is 1. The van der Waals surface area contributed by atoms with Crippen molar-refractivity contribution in [2.24, 2.45) is 0 Å². The lowest BCUT2D eigenvalue weighted by atomic mass is 10.0. The molecule has 166 valence electrons. The Kier molecular flexibility index (Phi) is 7.00. The summed E-state index contributed by atoms with van der Waals surface area (Å²) in [5.74, 6) is 1.74. The standard InChI is InChI=1S/C26H34N2O3/c1-3-27-26(29)19(2)20-8-12-23(13-9-20)31-25-16-17-28(18-25)21-10-14-24(15-11-21)30-22-6-4-5-7-22/h8-15,19,22,25H,3-7,16-18H2,1-2H3,(H,27,29). The minimum Gasteiger partial charge on any atom is -0.490 e. The third-order valence-corrected chi connectivity index (χ3v) is 6.38. The maximum atomic E-state index is 12.0. The lowest BCUT2D eigenvalue weighted by Crippen LogP contribution is -2.27. The van der Waals surface area contributed by atoms with Crippen molar-refractivity contribution in [1.82, 2.24) is 5.32 Å². The van der Waals surface area contributed by atoms with Crippen LogP contribution in [-0.2, 0) is 4.79 Å². The number of nitrogens with zero attached hydrogens (tertiary/aromatic N) is 1. The van der Waals surface area contributed by atoms with Gasteiger partial charge in [0.25, 0.3) is 0 Å². The van der Waals surface area contributed by atoms with Crippen molar-refractivity contribution in [3.8, 4) is 11.5 Å². The molecule has 2 aromatic carbocycles. The van der Waals surface area contributed by atoms with Gasteiger partial charge in [-0.2, -0.15) is 0 Å². The van der Waals surface area contributed by atoms with Gasteiger partial charge in [0.05, 0.1) is 18.6 Å². The summed E-state index contributed by atoms with van der Waals surface area (Å²) in [5, 5.41) is 2.88. The van der Waals surface area contributed by atoms with Gasteiger partial charge in [-0.25, -0.2) is 0 Å². The average Bonchev–Trinajstić information content (AvgIpc) is 3.47. The smallest absolute Gasteiger partial charge is 0.227 e. The Balaban J connectivity index is 1.28. The number of anilines is 1. The van der Waals surface area contributed by atoms with Gasteiger partial charge in [0, 0.05) is 25.2 Å². The molecule has 0 spiro atoms. The summed E-state index contributed by atoms with van der Waals surface area (Å²) in [5.41, 5.74) is 2.22. The fraction of sp³-hybridized carbons (Fsp3) is 0.500. The second kappa shape index (κ2) is 10.1. The molecule has 1 aliphatic carbocycles. The summed E-state index contributed by atoms with van der Waals surface area (Å²) in [6, 6.07) is 16.4. The second-order valence-electron chi connectivity index (χ2n) is 8.68. The number of benzene rings is 2. The monoisotopic (exact) mass is 422 g/mol. The van der Waals surface area contributed by atoms with Gasteiger partial charge in [0.2, 0.25) is 5.91 Å². The van der Waals surface area contributed by atoms with Crippen molar-refractivity contribution < 1.29 is 14.3 Å². The number of hydrogen-bond acceptors (Lipinski definition) is 4. The summed E-state index contributed by atoms with van der Waals surface area (Å²) in [6.07, 6.45) is 6.49. The topological polar surface area (TPSA) is 50.8 Å². The molecule has 2 atom stereocenters. The molecule has 2 aliphatic rings. The molecular formula is C26H34N2O3. The lowest BCUT2D eigenvalue weighted by Gasteiger charge is -2.20. The van der Waals surface area contributed by atoms with Gasteiger partial charge in [-0.05, 0) is 81.5 Å². The fourth-order valence-electron chi connectivity index (χ4n) is 4.50. The number of ether oxygens (including phenoxy) is 2. The van der Waals surface area contributed by atoms with Crippen molar-refractivity contribution in [2.45, 2.75) is 64.1 Å². The highest BCUT2D eigenvalue weighted by Crippen LogP contribution is 2.28. The Morgan fingerprint density at radius 3 is 2.23 bits per heavy atom. The molecule has 2 unspecified atom stereocenters. The molecule has 1 amide bonds. The van der Waals surface area contributed by atoms with E-state index < -0.39 is 0 Å². The molecule has 1 saturated heterocycles. The van der Waals surface area contributed by atoms with Crippen molar-refractivity contribution in [2.75, 3.05) is 24.5 Å². The Hall–Kier alpha value is -2.69. The van der Waals surface area contributed by atoms with Crippen molar-refractivity contribution in [3.05, 3.63) is 54.1 Å². The van der Waals surface area contributed by atoms with E-state index in [0.29, 0.717) is 12.6 Å². The Labute approximate surface area is 185 Å². The molecule has 5 nitrogen and oxygen atoms in total. The predicted molar refractivity (Wildman–Crippen MR) is 124 cm³/mol. The van der Waals surface area contributed by atoms with Crippen LogP contribution in [0.1, 0.15) is 57.4 Å². The molecule has 2 fully saturated rings. The molecule has 0 radical (unpaired) electrons. The Morgan fingerprint density at radius 2 is 1.58 bits per heavy atom. The van der Waals surface area contributed by atoms with E-state index in [1.54, 1.807) is 0 Å². The van der Waals surface area contributed by atoms with Gasteiger partial charge in [-0.15, -0.1) is 0 Å². The van der Waals surface area contributed by atoms with Gasteiger partial charge >= 0.3 is 0 Å². The molecule has 0 bridgehead atoms. The van der Waals surface area contributed by atoms with E-state index in [0.717, 1.165) is 36.6 Å². The minimum atomic E-state index is -0.156. The normalized spacial score (nSPS) is 19.9. The third-order valence-electron chi connectivity index (χ3n) is 6.38. The van der Waals surface area contributed by atoms with Crippen LogP contribution >= 0.6 is 0 Å². The van der Waals surface area contributed by atoms with E-state index in [-0.39, 0.29) is 17.9 Å². The maximum absolute atomic E-state index is 12.0. The van der Waals surface area contributed by atoms with Crippen molar-refractivity contribution >= 4 is 11.6 Å². The largest absolute Gasteiger partial charge is 0.490 e. The number of hydrogen-bond donors (Lipinski definition) is 1.